The molecular formula is C35H34N6O4S2. The van der Waals surface area contributed by atoms with Crippen LogP contribution in [0.15, 0.2) is 113 Å². The van der Waals surface area contributed by atoms with Crippen LogP contribution in [0, 0.1) is 0 Å². The molecule has 1 aliphatic rings. The van der Waals surface area contributed by atoms with Crippen LogP contribution >= 0.6 is 23.1 Å². The smallest absolute Gasteiger partial charge is 0.258 e. The van der Waals surface area contributed by atoms with E-state index in [4.69, 9.17) is 14.6 Å². The van der Waals surface area contributed by atoms with Crippen LogP contribution < -0.4 is 14.8 Å². The van der Waals surface area contributed by atoms with Gasteiger partial charge in [-0.25, -0.2) is 5.01 Å². The summed E-state index contributed by atoms with van der Waals surface area (Å²) in [4.78, 5) is 27.4. The highest BCUT2D eigenvalue weighted by Crippen LogP contribution is 2.35. The van der Waals surface area contributed by atoms with E-state index in [1.165, 1.54) is 11.8 Å². The molecule has 1 N–H and O–H groups in total. The van der Waals surface area contributed by atoms with Gasteiger partial charge in [0.2, 0.25) is 0 Å². The molecule has 0 bridgehead atoms. The summed E-state index contributed by atoms with van der Waals surface area (Å²) in [6, 6.07) is 30.9. The summed E-state index contributed by atoms with van der Waals surface area (Å²) in [5.74, 6) is 1.69. The first-order valence-corrected chi connectivity index (χ1v) is 17.0. The molecule has 0 fully saturated rings. The zero-order valence-electron chi connectivity index (χ0n) is 25.8. The molecule has 2 aromatic heterocycles. The molecule has 12 heteroatoms. The monoisotopic (exact) mass is 666 g/mol. The van der Waals surface area contributed by atoms with Crippen LogP contribution in [-0.2, 0) is 29.1 Å². The summed E-state index contributed by atoms with van der Waals surface area (Å²) in [6.45, 7) is 0.642. The lowest BCUT2D eigenvalue weighted by molar-refractivity contribution is -0.130. The second kappa shape index (κ2) is 15.6. The number of benzene rings is 3. The van der Waals surface area contributed by atoms with Crippen molar-refractivity contribution in [3.63, 3.8) is 0 Å². The third kappa shape index (κ3) is 8.27. The third-order valence-electron chi connectivity index (χ3n) is 7.61. The van der Waals surface area contributed by atoms with Gasteiger partial charge in [0.1, 0.15) is 11.5 Å². The van der Waals surface area contributed by atoms with E-state index in [0.29, 0.717) is 29.7 Å². The molecule has 1 atom stereocenters. The maximum Gasteiger partial charge on any atom is 0.258 e. The van der Waals surface area contributed by atoms with Crippen molar-refractivity contribution in [3.05, 3.63) is 124 Å². The maximum absolute atomic E-state index is 13.8. The minimum atomic E-state index is -0.270. The number of methoxy groups -OCH3 is 1. The number of nitrogens with zero attached hydrogens (tertiary/aromatic N) is 5. The normalized spacial score (nSPS) is 14.1. The Balaban J connectivity index is 1.15. The van der Waals surface area contributed by atoms with Crippen molar-refractivity contribution in [3.8, 4) is 11.5 Å². The van der Waals surface area contributed by atoms with Gasteiger partial charge in [0.15, 0.2) is 17.6 Å². The van der Waals surface area contributed by atoms with E-state index >= 15 is 0 Å². The quantitative estimate of drug-likeness (QED) is 0.150. The van der Waals surface area contributed by atoms with Crippen LogP contribution in [-0.4, -0.2) is 56.8 Å². The molecule has 0 unspecified atom stereocenters. The number of thiophene rings is 1. The van der Waals surface area contributed by atoms with Crippen molar-refractivity contribution >= 4 is 40.6 Å². The van der Waals surface area contributed by atoms with Gasteiger partial charge in [-0.05, 0) is 53.3 Å². The predicted octanol–water partition coefficient (Wildman–Crippen LogP) is 5.76. The predicted molar refractivity (Wildman–Crippen MR) is 183 cm³/mol. The first kappa shape index (κ1) is 32.0. The van der Waals surface area contributed by atoms with E-state index < -0.39 is 0 Å². The summed E-state index contributed by atoms with van der Waals surface area (Å²) >= 11 is 2.93. The van der Waals surface area contributed by atoms with Crippen molar-refractivity contribution in [2.75, 3.05) is 19.5 Å². The Morgan fingerprint density at radius 3 is 2.43 bits per heavy atom. The van der Waals surface area contributed by atoms with Gasteiger partial charge in [0.25, 0.3) is 11.8 Å². The number of thioether (sulfide) groups is 1. The fourth-order valence-corrected chi connectivity index (χ4v) is 6.73. The molecule has 1 aliphatic heterocycles. The summed E-state index contributed by atoms with van der Waals surface area (Å²) in [5, 5.41) is 20.7. The number of rotatable bonds is 14. The van der Waals surface area contributed by atoms with Gasteiger partial charge in [-0.1, -0.05) is 78.5 Å². The van der Waals surface area contributed by atoms with Crippen molar-refractivity contribution in [2.24, 2.45) is 5.10 Å². The zero-order valence-corrected chi connectivity index (χ0v) is 27.5. The van der Waals surface area contributed by atoms with Crippen LogP contribution in [0.5, 0.6) is 11.5 Å². The van der Waals surface area contributed by atoms with Crippen molar-refractivity contribution in [1.29, 1.82) is 0 Å². The minimum absolute atomic E-state index is 0.114. The standard InChI is InChI=1S/C35H34N6O4S2/c1-44-27-16-14-26(15-17-27)30-21-29(31-13-8-20-46-31)39-41(30)34(43)24-47-35-38-37-32(40(35)19-18-25-9-4-2-5-10-25)22-36-33(42)23-45-28-11-6-3-7-12-28/h2-17,20,30H,18-19,21-24H2,1H3,(H,36,42)/t30-/m0/s1. The molecule has 10 nitrogen and oxygen atoms in total. The fraction of sp³-hybridized carbons (Fsp3) is 0.229. The van der Waals surface area contributed by atoms with E-state index in [-0.39, 0.29) is 36.8 Å². The van der Waals surface area contributed by atoms with Gasteiger partial charge in [-0.3, -0.25) is 9.59 Å². The lowest BCUT2D eigenvalue weighted by Gasteiger charge is -2.22. The highest BCUT2D eigenvalue weighted by Gasteiger charge is 2.33. The number of aromatic nitrogens is 3. The van der Waals surface area contributed by atoms with E-state index in [2.05, 4.69) is 27.6 Å². The Kier molecular flexibility index (Phi) is 10.6. The average Bonchev–Trinajstić information content (AvgIpc) is 3.89. The molecule has 3 heterocycles. The molecular weight excluding hydrogens is 633 g/mol. The maximum atomic E-state index is 13.8. The van der Waals surface area contributed by atoms with E-state index in [9.17, 15) is 9.59 Å². The number of carbonyl (C=O) groups excluding carboxylic acids is 2. The number of aryl methyl sites for hydroxylation is 1. The molecule has 0 saturated heterocycles. The lowest BCUT2D eigenvalue weighted by atomic mass is 10.0. The molecule has 5 aromatic rings. The van der Waals surface area contributed by atoms with Crippen LogP contribution in [0.3, 0.4) is 0 Å². The number of nitrogens with one attached hydrogen (secondary N) is 1. The van der Waals surface area contributed by atoms with Gasteiger partial charge >= 0.3 is 0 Å². The van der Waals surface area contributed by atoms with E-state index in [0.717, 1.165) is 33.9 Å². The van der Waals surface area contributed by atoms with Crippen molar-refractivity contribution in [1.82, 2.24) is 25.1 Å². The van der Waals surface area contributed by atoms with Gasteiger partial charge in [-0.15, -0.1) is 21.5 Å². The first-order chi connectivity index (χ1) is 23.1. The topological polar surface area (TPSA) is 111 Å². The van der Waals surface area contributed by atoms with Crippen LogP contribution in [0.2, 0.25) is 0 Å². The number of hydrazone groups is 1. The Hall–Kier alpha value is -4.94. The summed E-state index contributed by atoms with van der Waals surface area (Å²) < 4.78 is 12.9. The van der Waals surface area contributed by atoms with Crippen LogP contribution in [0.1, 0.15) is 34.3 Å². The number of hydrogen-bond donors (Lipinski definition) is 1. The second-order valence-corrected chi connectivity index (χ2v) is 12.6. The highest BCUT2D eigenvalue weighted by molar-refractivity contribution is 7.99. The largest absolute Gasteiger partial charge is 0.497 e. The second-order valence-electron chi connectivity index (χ2n) is 10.7. The van der Waals surface area contributed by atoms with Crippen molar-refractivity contribution < 1.29 is 19.1 Å². The number of para-hydroxylation sites is 1. The Labute approximate surface area is 281 Å². The van der Waals surface area contributed by atoms with Gasteiger partial charge in [-0.2, -0.15) is 5.10 Å². The fourth-order valence-electron chi connectivity index (χ4n) is 5.17. The molecule has 0 spiro atoms. The van der Waals surface area contributed by atoms with Gasteiger partial charge < -0.3 is 19.4 Å². The Morgan fingerprint density at radius 2 is 1.70 bits per heavy atom. The molecule has 0 aliphatic carbocycles. The van der Waals surface area contributed by atoms with Crippen LogP contribution in [0.4, 0.5) is 0 Å². The first-order valence-electron chi connectivity index (χ1n) is 15.2. The zero-order chi connectivity index (χ0) is 32.4. The molecule has 2 amide bonds. The number of ether oxygens (including phenoxy) is 2. The molecule has 240 valence electrons. The van der Waals surface area contributed by atoms with E-state index in [1.54, 1.807) is 35.6 Å². The Bertz CT molecular complexity index is 1800. The highest BCUT2D eigenvalue weighted by atomic mass is 32.2. The average molecular weight is 667 g/mol. The molecule has 47 heavy (non-hydrogen) atoms. The molecule has 0 radical (unpaired) electrons. The van der Waals surface area contributed by atoms with Gasteiger partial charge in [0.05, 0.1) is 36.0 Å². The molecule has 0 saturated carbocycles. The third-order valence-corrected chi connectivity index (χ3v) is 9.48. The number of carbonyl (C=O) groups is 2. The molecule has 3 aromatic carbocycles. The minimum Gasteiger partial charge on any atom is -0.497 e. The van der Waals surface area contributed by atoms with Gasteiger partial charge in [0, 0.05) is 13.0 Å². The molecule has 6 rings (SSSR count). The lowest BCUT2D eigenvalue weighted by Crippen LogP contribution is -2.30. The van der Waals surface area contributed by atoms with Crippen LogP contribution in [0.25, 0.3) is 0 Å². The Morgan fingerprint density at radius 1 is 0.936 bits per heavy atom. The van der Waals surface area contributed by atoms with E-state index in [1.807, 2.05) is 82.7 Å². The SMILES string of the molecule is COc1ccc([C@@H]2CC(c3cccs3)=NN2C(=O)CSc2nnc(CNC(=O)COc3ccccc3)n2CCc2ccccc2)cc1. The van der Waals surface area contributed by atoms with Crippen molar-refractivity contribution in [2.45, 2.75) is 37.1 Å². The summed E-state index contributed by atoms with van der Waals surface area (Å²) in [6.07, 6.45) is 1.35. The number of amides is 2. The summed E-state index contributed by atoms with van der Waals surface area (Å²) in [5.41, 5.74) is 3.04. The summed E-state index contributed by atoms with van der Waals surface area (Å²) in [7, 11) is 1.63. The number of hydrogen-bond acceptors (Lipinski definition) is 9.